The van der Waals surface area contributed by atoms with Gasteiger partial charge < -0.3 is 15.2 Å². The fourth-order valence-corrected chi connectivity index (χ4v) is 1.82. The average Bonchev–Trinajstić information content (AvgIpc) is 2.47. The molecule has 4 nitrogen and oxygen atoms in total. The number of aliphatic hydroxyl groups excluding tert-OH is 1. The number of nitrogens with one attached hydrogen (secondary N) is 1. The normalized spacial score (nSPS) is 10.1. The highest BCUT2D eigenvalue weighted by atomic mass is 16.5. The lowest BCUT2D eigenvalue weighted by atomic mass is 10.2. The molecule has 0 heterocycles. The van der Waals surface area contributed by atoms with E-state index in [1.54, 1.807) is 6.07 Å². The summed E-state index contributed by atoms with van der Waals surface area (Å²) in [5.74, 6) is 0.346. The summed E-state index contributed by atoms with van der Waals surface area (Å²) < 4.78 is 5.75. The molecule has 0 fully saturated rings. The van der Waals surface area contributed by atoms with Crippen LogP contribution in [0.3, 0.4) is 0 Å². The smallest absolute Gasteiger partial charge is 0.250 e. The molecule has 104 valence electrons. The van der Waals surface area contributed by atoms with Crippen LogP contribution in [0.2, 0.25) is 0 Å². The van der Waals surface area contributed by atoms with Crippen LogP contribution in [-0.4, -0.2) is 17.6 Å². The molecule has 0 spiro atoms. The van der Waals surface area contributed by atoms with E-state index in [0.29, 0.717) is 12.3 Å². The second kappa shape index (κ2) is 6.73. The van der Waals surface area contributed by atoms with Gasteiger partial charge in [0, 0.05) is 5.69 Å². The maximum Gasteiger partial charge on any atom is 0.250 e. The van der Waals surface area contributed by atoms with Crippen LogP contribution in [0.5, 0.6) is 5.75 Å². The van der Waals surface area contributed by atoms with Crippen molar-refractivity contribution in [2.24, 2.45) is 0 Å². The van der Waals surface area contributed by atoms with E-state index in [-0.39, 0.29) is 0 Å². The molecule has 1 amide bonds. The number of carbonyl (C=O) groups is 1. The maximum absolute atomic E-state index is 11.1. The van der Waals surface area contributed by atoms with Gasteiger partial charge in [0.1, 0.15) is 19.0 Å². The summed E-state index contributed by atoms with van der Waals surface area (Å²) in [4.78, 5) is 11.1. The van der Waals surface area contributed by atoms with Crippen LogP contribution in [0.4, 0.5) is 5.69 Å². The topological polar surface area (TPSA) is 58.6 Å². The molecule has 0 aromatic heterocycles. The van der Waals surface area contributed by atoms with Gasteiger partial charge in [-0.25, -0.2) is 0 Å². The molecule has 2 aromatic rings. The van der Waals surface area contributed by atoms with Gasteiger partial charge in [-0.15, -0.1) is 0 Å². The third-order valence-electron chi connectivity index (χ3n) is 2.84. The molecule has 0 saturated heterocycles. The van der Waals surface area contributed by atoms with Crippen molar-refractivity contribution in [2.45, 2.75) is 13.5 Å². The van der Waals surface area contributed by atoms with Gasteiger partial charge in [0.15, 0.2) is 0 Å². The van der Waals surface area contributed by atoms with E-state index >= 15 is 0 Å². The van der Waals surface area contributed by atoms with Crippen molar-refractivity contribution in [2.75, 3.05) is 11.9 Å². The first kappa shape index (κ1) is 14.1. The van der Waals surface area contributed by atoms with Crippen LogP contribution in [0.25, 0.3) is 0 Å². The van der Waals surface area contributed by atoms with E-state index in [0.717, 1.165) is 16.9 Å². The third-order valence-corrected chi connectivity index (χ3v) is 2.84. The van der Waals surface area contributed by atoms with E-state index < -0.39 is 12.5 Å². The van der Waals surface area contributed by atoms with E-state index in [1.165, 1.54) is 0 Å². The monoisotopic (exact) mass is 271 g/mol. The molecule has 4 heteroatoms. The highest BCUT2D eigenvalue weighted by Gasteiger charge is 2.04. The summed E-state index contributed by atoms with van der Waals surface area (Å²) in [5, 5.41) is 11.3. The van der Waals surface area contributed by atoms with Gasteiger partial charge in [-0.3, -0.25) is 4.79 Å². The third kappa shape index (κ3) is 3.83. The zero-order valence-corrected chi connectivity index (χ0v) is 11.3. The van der Waals surface area contributed by atoms with Crippen LogP contribution >= 0.6 is 0 Å². The Labute approximate surface area is 118 Å². The largest absolute Gasteiger partial charge is 0.489 e. The summed E-state index contributed by atoms with van der Waals surface area (Å²) in [5.41, 5.74) is 2.68. The highest BCUT2D eigenvalue weighted by molar-refractivity contribution is 5.91. The summed E-state index contributed by atoms with van der Waals surface area (Å²) >= 11 is 0. The van der Waals surface area contributed by atoms with Gasteiger partial charge in [0.2, 0.25) is 5.91 Å². The number of anilines is 1. The lowest BCUT2D eigenvalue weighted by Gasteiger charge is -2.11. The minimum absolute atomic E-state index is 0.428. The van der Waals surface area contributed by atoms with Crippen LogP contribution in [-0.2, 0) is 11.4 Å². The minimum Gasteiger partial charge on any atom is -0.489 e. The van der Waals surface area contributed by atoms with Gasteiger partial charge in [-0.05, 0) is 36.2 Å². The van der Waals surface area contributed by atoms with Crippen molar-refractivity contribution in [1.29, 1.82) is 0 Å². The molecule has 0 bridgehead atoms. The zero-order valence-electron chi connectivity index (χ0n) is 11.3. The van der Waals surface area contributed by atoms with Gasteiger partial charge in [-0.1, -0.05) is 30.3 Å². The second-order valence-electron chi connectivity index (χ2n) is 4.46. The molecule has 2 rings (SSSR count). The van der Waals surface area contributed by atoms with Crippen molar-refractivity contribution >= 4 is 11.6 Å². The molecule has 0 aliphatic heterocycles. The number of amides is 1. The second-order valence-corrected chi connectivity index (χ2v) is 4.46. The Balaban J connectivity index is 2.01. The number of carbonyl (C=O) groups excluding carboxylic acids is 1. The predicted molar refractivity (Wildman–Crippen MR) is 77.7 cm³/mol. The predicted octanol–water partition coefficient (Wildman–Crippen LogP) is 2.50. The Morgan fingerprint density at radius 3 is 2.60 bits per heavy atom. The van der Waals surface area contributed by atoms with Crippen molar-refractivity contribution in [3.63, 3.8) is 0 Å². The zero-order chi connectivity index (χ0) is 14.4. The molecule has 20 heavy (non-hydrogen) atoms. The molecule has 0 aliphatic carbocycles. The molecule has 0 radical (unpaired) electrons. The van der Waals surface area contributed by atoms with Gasteiger partial charge >= 0.3 is 0 Å². The Bertz CT molecular complexity index is 582. The van der Waals surface area contributed by atoms with Gasteiger partial charge in [0.25, 0.3) is 0 Å². The first-order chi connectivity index (χ1) is 9.69. The molecule has 2 aromatic carbocycles. The first-order valence-electron chi connectivity index (χ1n) is 6.37. The van der Waals surface area contributed by atoms with Crippen LogP contribution in [0, 0.1) is 6.92 Å². The summed E-state index contributed by atoms with van der Waals surface area (Å²) in [7, 11) is 0. The number of aliphatic hydroxyl groups is 1. The number of aryl methyl sites for hydroxylation is 1. The molecule has 0 atom stereocenters. The van der Waals surface area contributed by atoms with Crippen molar-refractivity contribution in [3.05, 3.63) is 59.7 Å². The summed E-state index contributed by atoms with van der Waals surface area (Å²) in [6.07, 6.45) is 0. The van der Waals surface area contributed by atoms with Crippen LogP contribution in [0.1, 0.15) is 11.1 Å². The Hall–Kier alpha value is -2.33. The first-order valence-corrected chi connectivity index (χ1v) is 6.37. The van der Waals surface area contributed by atoms with E-state index in [2.05, 4.69) is 5.32 Å². The molecular formula is C16H17NO3. The SMILES string of the molecule is Cc1cc(NC(=O)CO)ccc1OCc1ccccc1. The summed E-state index contributed by atoms with van der Waals surface area (Å²) in [6, 6.07) is 15.3. The quantitative estimate of drug-likeness (QED) is 0.878. The van der Waals surface area contributed by atoms with E-state index in [4.69, 9.17) is 9.84 Å². The number of hydrogen-bond acceptors (Lipinski definition) is 3. The number of ether oxygens (including phenoxy) is 1. The molecule has 0 saturated carbocycles. The fourth-order valence-electron chi connectivity index (χ4n) is 1.82. The number of hydrogen-bond donors (Lipinski definition) is 2. The Morgan fingerprint density at radius 1 is 1.20 bits per heavy atom. The average molecular weight is 271 g/mol. The molecule has 2 N–H and O–H groups in total. The van der Waals surface area contributed by atoms with Crippen molar-refractivity contribution < 1.29 is 14.6 Å². The fraction of sp³-hybridized carbons (Fsp3) is 0.188. The van der Waals surface area contributed by atoms with E-state index in [9.17, 15) is 4.79 Å². The van der Waals surface area contributed by atoms with Gasteiger partial charge in [0.05, 0.1) is 0 Å². The Kier molecular flexibility index (Phi) is 4.74. The highest BCUT2D eigenvalue weighted by Crippen LogP contribution is 2.22. The molecule has 0 unspecified atom stereocenters. The number of rotatable bonds is 5. The van der Waals surface area contributed by atoms with Crippen LogP contribution in [0.15, 0.2) is 48.5 Å². The van der Waals surface area contributed by atoms with E-state index in [1.807, 2.05) is 49.4 Å². The minimum atomic E-state index is -0.523. The van der Waals surface area contributed by atoms with Crippen molar-refractivity contribution in [1.82, 2.24) is 0 Å². The molecular weight excluding hydrogens is 254 g/mol. The summed E-state index contributed by atoms with van der Waals surface area (Å²) in [6.45, 7) is 1.89. The van der Waals surface area contributed by atoms with Crippen LogP contribution < -0.4 is 10.1 Å². The maximum atomic E-state index is 11.1. The lowest BCUT2D eigenvalue weighted by Crippen LogP contribution is -2.15. The van der Waals surface area contributed by atoms with Crippen molar-refractivity contribution in [3.8, 4) is 5.75 Å². The lowest BCUT2D eigenvalue weighted by molar-refractivity contribution is -0.118. The van der Waals surface area contributed by atoms with Gasteiger partial charge in [-0.2, -0.15) is 0 Å². The number of benzene rings is 2. The standard InChI is InChI=1S/C16H17NO3/c1-12-9-14(17-16(19)10-18)7-8-15(12)20-11-13-5-3-2-4-6-13/h2-9,18H,10-11H2,1H3,(H,17,19). The molecule has 0 aliphatic rings. The Morgan fingerprint density at radius 2 is 1.95 bits per heavy atom.